The highest BCUT2D eigenvalue weighted by molar-refractivity contribution is 6.35. The molecule has 0 radical (unpaired) electrons. The highest BCUT2D eigenvalue weighted by Crippen LogP contribution is 2.26. The lowest BCUT2D eigenvalue weighted by atomic mass is 10.2. The molecule has 0 fully saturated rings. The fourth-order valence-corrected chi connectivity index (χ4v) is 2.86. The van der Waals surface area contributed by atoms with Gasteiger partial charge in [-0.2, -0.15) is 0 Å². The molecule has 0 aliphatic heterocycles. The Bertz CT molecular complexity index is 826. The van der Waals surface area contributed by atoms with Gasteiger partial charge in [-0.3, -0.25) is 0 Å². The van der Waals surface area contributed by atoms with Crippen molar-refractivity contribution < 1.29 is 14.3 Å². The van der Waals surface area contributed by atoms with Gasteiger partial charge in [0.2, 0.25) is 0 Å². The summed E-state index contributed by atoms with van der Waals surface area (Å²) in [4.78, 5) is 26.9. The van der Waals surface area contributed by atoms with Crippen molar-refractivity contribution in [1.29, 1.82) is 0 Å². The first-order valence-electron chi connectivity index (χ1n) is 8.96. The van der Waals surface area contributed by atoms with Gasteiger partial charge in [0.1, 0.15) is 6.61 Å². The molecule has 2 N–H and O–H groups in total. The summed E-state index contributed by atoms with van der Waals surface area (Å²) in [5, 5.41) is 6.05. The first-order valence-corrected chi connectivity index (χ1v) is 9.71. The van der Waals surface area contributed by atoms with Crippen LogP contribution < -0.4 is 10.6 Å². The van der Waals surface area contributed by atoms with E-state index in [-0.39, 0.29) is 12.2 Å². The number of carbonyl (C=O) groups excluding carboxylic acids is 2. The molecule has 2 aromatic carbocycles. The second kappa shape index (κ2) is 10.9. The number of ether oxygens (including phenoxy) is 1. The molecule has 0 saturated heterocycles. The summed E-state index contributed by atoms with van der Waals surface area (Å²) in [7, 11) is 0. The molecule has 2 rings (SSSR count). The molecular formula is C20H23Cl2N3O3. The number of benzene rings is 2. The van der Waals surface area contributed by atoms with E-state index in [1.807, 2.05) is 0 Å². The van der Waals surface area contributed by atoms with Gasteiger partial charge in [-0.25, -0.2) is 9.59 Å². The van der Waals surface area contributed by atoms with Crippen LogP contribution in [0.15, 0.2) is 42.5 Å². The number of rotatable bonds is 8. The van der Waals surface area contributed by atoms with E-state index in [0.717, 1.165) is 13.1 Å². The van der Waals surface area contributed by atoms with Gasteiger partial charge in [0.05, 0.1) is 22.0 Å². The van der Waals surface area contributed by atoms with Crippen molar-refractivity contribution >= 4 is 46.6 Å². The lowest BCUT2D eigenvalue weighted by Gasteiger charge is -2.18. The van der Waals surface area contributed by atoms with Crippen molar-refractivity contribution in [2.75, 3.05) is 36.9 Å². The summed E-state index contributed by atoms with van der Waals surface area (Å²) in [5.74, 6) is -0.496. The summed E-state index contributed by atoms with van der Waals surface area (Å²) in [6, 6.07) is 10.8. The van der Waals surface area contributed by atoms with E-state index >= 15 is 0 Å². The average Bonchev–Trinajstić information content (AvgIpc) is 2.68. The molecule has 8 heteroatoms. The first-order chi connectivity index (χ1) is 13.4. The molecule has 0 atom stereocenters. The van der Waals surface area contributed by atoms with Crippen LogP contribution in [0.4, 0.5) is 16.2 Å². The normalized spacial score (nSPS) is 10.6. The Labute approximate surface area is 174 Å². The van der Waals surface area contributed by atoms with Gasteiger partial charge in [-0.05, 0) is 43.4 Å². The third kappa shape index (κ3) is 6.41. The quantitative estimate of drug-likeness (QED) is 0.576. The maximum atomic E-state index is 12.4. The molecule has 2 amide bonds. The zero-order valence-corrected chi connectivity index (χ0v) is 17.3. The van der Waals surface area contributed by atoms with Crippen LogP contribution in [-0.4, -0.2) is 43.1 Å². The van der Waals surface area contributed by atoms with Crippen LogP contribution in [0.25, 0.3) is 0 Å². The van der Waals surface area contributed by atoms with Crippen molar-refractivity contribution in [3.8, 4) is 0 Å². The third-order valence-electron chi connectivity index (χ3n) is 4.11. The van der Waals surface area contributed by atoms with Gasteiger partial charge in [0.25, 0.3) is 0 Å². The second-order valence-corrected chi connectivity index (χ2v) is 6.76. The summed E-state index contributed by atoms with van der Waals surface area (Å²) < 4.78 is 5.35. The average molecular weight is 424 g/mol. The molecule has 0 aromatic heterocycles. The Hall–Kier alpha value is -2.28. The number of hydrogen-bond acceptors (Lipinski definition) is 4. The Morgan fingerprint density at radius 2 is 1.68 bits per heavy atom. The lowest BCUT2D eigenvalue weighted by Crippen LogP contribution is -2.28. The van der Waals surface area contributed by atoms with Crippen molar-refractivity contribution in [3.63, 3.8) is 0 Å². The molecule has 0 spiro atoms. The van der Waals surface area contributed by atoms with E-state index < -0.39 is 12.0 Å². The summed E-state index contributed by atoms with van der Waals surface area (Å²) >= 11 is 12.0. The summed E-state index contributed by atoms with van der Waals surface area (Å²) in [5.41, 5.74) is 0.978. The number of amides is 2. The van der Waals surface area contributed by atoms with Crippen molar-refractivity contribution in [1.82, 2.24) is 4.90 Å². The molecule has 6 nitrogen and oxygen atoms in total. The molecule has 2 aromatic rings. The van der Waals surface area contributed by atoms with Crippen LogP contribution in [0, 0.1) is 0 Å². The van der Waals surface area contributed by atoms with E-state index in [9.17, 15) is 9.59 Å². The number of hydrogen-bond donors (Lipinski definition) is 2. The monoisotopic (exact) mass is 423 g/mol. The SMILES string of the molecule is CCN(CC)CCOC(=O)c1ccccc1NC(=O)Nc1cc(Cl)ccc1Cl. The standard InChI is InChI=1S/C20H23Cl2N3O3/c1-3-25(4-2)11-12-28-19(26)15-7-5-6-8-17(15)23-20(27)24-18-13-14(21)9-10-16(18)22/h5-10,13H,3-4,11-12H2,1-2H3,(H2,23,24,27). The van der Waals surface area contributed by atoms with Crippen LogP contribution in [0.1, 0.15) is 24.2 Å². The number of urea groups is 1. The number of para-hydroxylation sites is 1. The number of carbonyl (C=O) groups is 2. The molecule has 0 saturated carbocycles. The van der Waals surface area contributed by atoms with Gasteiger partial charge in [-0.1, -0.05) is 49.2 Å². The van der Waals surface area contributed by atoms with Crippen LogP contribution in [-0.2, 0) is 4.74 Å². The Balaban J connectivity index is 2.01. The van der Waals surface area contributed by atoms with E-state index in [1.54, 1.807) is 36.4 Å². The van der Waals surface area contributed by atoms with Crippen molar-refractivity contribution in [2.24, 2.45) is 0 Å². The number of esters is 1. The third-order valence-corrected chi connectivity index (χ3v) is 4.67. The van der Waals surface area contributed by atoms with E-state index in [2.05, 4.69) is 29.4 Å². The largest absolute Gasteiger partial charge is 0.461 e. The molecule has 0 bridgehead atoms. The number of nitrogens with one attached hydrogen (secondary N) is 2. The van der Waals surface area contributed by atoms with E-state index in [4.69, 9.17) is 27.9 Å². The van der Waals surface area contributed by atoms with Crippen LogP contribution in [0.3, 0.4) is 0 Å². The highest BCUT2D eigenvalue weighted by atomic mass is 35.5. The predicted octanol–water partition coefficient (Wildman–Crippen LogP) is 5.14. The molecular weight excluding hydrogens is 401 g/mol. The number of nitrogens with zero attached hydrogens (tertiary/aromatic N) is 1. The number of likely N-dealkylation sites (N-methyl/N-ethyl adjacent to an activating group) is 1. The van der Waals surface area contributed by atoms with Crippen molar-refractivity contribution in [2.45, 2.75) is 13.8 Å². The van der Waals surface area contributed by atoms with Gasteiger partial charge < -0.3 is 20.3 Å². The number of anilines is 2. The number of halogens is 2. The fourth-order valence-electron chi connectivity index (χ4n) is 2.52. The summed E-state index contributed by atoms with van der Waals surface area (Å²) in [6.45, 7) is 6.81. The van der Waals surface area contributed by atoms with Crippen LogP contribution in [0.5, 0.6) is 0 Å². The van der Waals surface area contributed by atoms with Gasteiger partial charge in [0, 0.05) is 11.6 Å². The molecule has 150 valence electrons. The van der Waals surface area contributed by atoms with Crippen LogP contribution >= 0.6 is 23.2 Å². The Kier molecular flexibility index (Phi) is 8.57. The fraction of sp³-hybridized carbons (Fsp3) is 0.300. The zero-order valence-electron chi connectivity index (χ0n) is 15.8. The minimum absolute atomic E-state index is 0.273. The minimum atomic E-state index is -0.549. The van der Waals surface area contributed by atoms with E-state index in [1.165, 1.54) is 6.07 Å². The molecule has 28 heavy (non-hydrogen) atoms. The maximum Gasteiger partial charge on any atom is 0.340 e. The Morgan fingerprint density at radius 1 is 1.00 bits per heavy atom. The molecule has 0 aliphatic carbocycles. The minimum Gasteiger partial charge on any atom is -0.461 e. The predicted molar refractivity (Wildman–Crippen MR) is 114 cm³/mol. The molecule has 0 heterocycles. The van der Waals surface area contributed by atoms with Gasteiger partial charge >= 0.3 is 12.0 Å². The van der Waals surface area contributed by atoms with Gasteiger partial charge in [0.15, 0.2) is 0 Å². The molecule has 0 unspecified atom stereocenters. The maximum absolute atomic E-state index is 12.4. The van der Waals surface area contributed by atoms with Crippen molar-refractivity contribution in [3.05, 3.63) is 58.1 Å². The highest BCUT2D eigenvalue weighted by Gasteiger charge is 2.15. The van der Waals surface area contributed by atoms with Crippen LogP contribution in [0.2, 0.25) is 10.0 Å². The van der Waals surface area contributed by atoms with E-state index in [0.29, 0.717) is 28.0 Å². The smallest absolute Gasteiger partial charge is 0.340 e. The van der Waals surface area contributed by atoms with Gasteiger partial charge in [-0.15, -0.1) is 0 Å². The topological polar surface area (TPSA) is 70.7 Å². The molecule has 0 aliphatic rings. The second-order valence-electron chi connectivity index (χ2n) is 5.91. The summed E-state index contributed by atoms with van der Waals surface area (Å²) in [6.07, 6.45) is 0. The Morgan fingerprint density at radius 3 is 2.39 bits per heavy atom. The lowest BCUT2D eigenvalue weighted by molar-refractivity contribution is 0.0467. The zero-order chi connectivity index (χ0) is 20.5. The first kappa shape index (κ1) is 22.0.